The molecule has 86 valence electrons. The summed E-state index contributed by atoms with van der Waals surface area (Å²) in [4.78, 5) is 0. The lowest BCUT2D eigenvalue weighted by molar-refractivity contribution is 0.0165. The van der Waals surface area contributed by atoms with Crippen LogP contribution in [0.5, 0.6) is 0 Å². The molecular formula is C11H25NO2. The minimum absolute atomic E-state index is 0.0867. The van der Waals surface area contributed by atoms with Gasteiger partial charge in [-0.15, -0.1) is 0 Å². The predicted molar refractivity (Wildman–Crippen MR) is 59.4 cm³/mol. The predicted octanol–water partition coefficient (Wildman–Crippen LogP) is 1.80. The number of hydrogen-bond acceptors (Lipinski definition) is 3. The molecule has 0 atom stereocenters. The number of rotatable bonds is 9. The van der Waals surface area contributed by atoms with E-state index in [-0.39, 0.29) is 5.41 Å². The Balaban J connectivity index is 3.13. The van der Waals surface area contributed by atoms with Crippen molar-refractivity contribution < 1.29 is 9.47 Å². The molecule has 0 unspecified atom stereocenters. The van der Waals surface area contributed by atoms with Gasteiger partial charge in [0.05, 0.1) is 19.8 Å². The first-order chi connectivity index (χ1) is 6.62. The molecule has 0 spiro atoms. The Morgan fingerprint density at radius 2 is 1.71 bits per heavy atom. The van der Waals surface area contributed by atoms with E-state index in [9.17, 15) is 0 Å². The molecule has 0 aromatic carbocycles. The van der Waals surface area contributed by atoms with Crippen molar-refractivity contribution >= 4 is 0 Å². The third kappa shape index (κ3) is 8.48. The zero-order valence-corrected chi connectivity index (χ0v) is 9.84. The molecule has 0 saturated heterocycles. The SMILES string of the molecule is CCCCOCCOCC(C)(C)CN. The van der Waals surface area contributed by atoms with E-state index in [0.29, 0.717) is 26.4 Å². The van der Waals surface area contributed by atoms with Crippen LogP contribution in [0, 0.1) is 5.41 Å². The van der Waals surface area contributed by atoms with Crippen molar-refractivity contribution in [1.82, 2.24) is 0 Å². The van der Waals surface area contributed by atoms with Crippen LogP contribution in [0.4, 0.5) is 0 Å². The lowest BCUT2D eigenvalue weighted by Crippen LogP contribution is -2.29. The molecule has 0 amide bonds. The molecule has 0 aromatic heterocycles. The van der Waals surface area contributed by atoms with Gasteiger partial charge in [0.1, 0.15) is 0 Å². The van der Waals surface area contributed by atoms with Crippen LogP contribution >= 0.6 is 0 Å². The first-order valence-electron chi connectivity index (χ1n) is 5.48. The Labute approximate surface area is 88.0 Å². The Morgan fingerprint density at radius 3 is 2.29 bits per heavy atom. The van der Waals surface area contributed by atoms with E-state index >= 15 is 0 Å². The zero-order chi connectivity index (χ0) is 10.9. The summed E-state index contributed by atoms with van der Waals surface area (Å²) in [5.41, 5.74) is 5.66. The van der Waals surface area contributed by atoms with Gasteiger partial charge in [0.15, 0.2) is 0 Å². The third-order valence-electron chi connectivity index (χ3n) is 2.06. The van der Waals surface area contributed by atoms with E-state index in [2.05, 4.69) is 20.8 Å². The quantitative estimate of drug-likeness (QED) is 0.581. The second kappa shape index (κ2) is 8.21. The van der Waals surface area contributed by atoms with Gasteiger partial charge in [0, 0.05) is 12.0 Å². The first kappa shape index (κ1) is 13.9. The minimum atomic E-state index is 0.0867. The van der Waals surface area contributed by atoms with Crippen LogP contribution < -0.4 is 5.73 Å². The Morgan fingerprint density at radius 1 is 1.07 bits per heavy atom. The van der Waals surface area contributed by atoms with E-state index in [1.807, 2.05) is 0 Å². The lowest BCUT2D eigenvalue weighted by atomic mass is 9.95. The molecule has 0 fully saturated rings. The topological polar surface area (TPSA) is 44.5 Å². The molecule has 3 nitrogen and oxygen atoms in total. The molecule has 0 saturated carbocycles. The van der Waals surface area contributed by atoms with Gasteiger partial charge in [-0.2, -0.15) is 0 Å². The largest absolute Gasteiger partial charge is 0.379 e. The number of unbranched alkanes of at least 4 members (excludes halogenated alkanes) is 1. The van der Waals surface area contributed by atoms with Crippen molar-refractivity contribution in [3.05, 3.63) is 0 Å². The summed E-state index contributed by atoms with van der Waals surface area (Å²) in [6.45, 7) is 9.94. The zero-order valence-electron chi connectivity index (χ0n) is 9.84. The average Bonchev–Trinajstić information content (AvgIpc) is 2.16. The summed E-state index contributed by atoms with van der Waals surface area (Å²) in [6, 6.07) is 0. The first-order valence-corrected chi connectivity index (χ1v) is 5.48. The highest BCUT2D eigenvalue weighted by atomic mass is 16.5. The number of ether oxygens (including phenoxy) is 2. The maximum Gasteiger partial charge on any atom is 0.0700 e. The Bertz CT molecular complexity index is 126. The monoisotopic (exact) mass is 203 g/mol. The van der Waals surface area contributed by atoms with Gasteiger partial charge in [-0.3, -0.25) is 0 Å². The Kier molecular flexibility index (Phi) is 8.14. The molecule has 0 bridgehead atoms. The lowest BCUT2D eigenvalue weighted by Gasteiger charge is -2.21. The van der Waals surface area contributed by atoms with E-state index in [0.717, 1.165) is 13.0 Å². The Hall–Kier alpha value is -0.120. The van der Waals surface area contributed by atoms with Gasteiger partial charge in [0.2, 0.25) is 0 Å². The van der Waals surface area contributed by atoms with Crippen LogP contribution in [0.25, 0.3) is 0 Å². The summed E-state index contributed by atoms with van der Waals surface area (Å²) in [5.74, 6) is 0. The van der Waals surface area contributed by atoms with Crippen LogP contribution in [-0.2, 0) is 9.47 Å². The fourth-order valence-electron chi connectivity index (χ4n) is 0.874. The third-order valence-corrected chi connectivity index (χ3v) is 2.06. The van der Waals surface area contributed by atoms with E-state index in [1.165, 1.54) is 6.42 Å². The summed E-state index contributed by atoms with van der Waals surface area (Å²) >= 11 is 0. The van der Waals surface area contributed by atoms with E-state index < -0.39 is 0 Å². The molecule has 0 aliphatic heterocycles. The van der Waals surface area contributed by atoms with E-state index in [1.54, 1.807) is 0 Å². The van der Waals surface area contributed by atoms with Crippen molar-refractivity contribution in [3.8, 4) is 0 Å². The van der Waals surface area contributed by atoms with Crippen molar-refractivity contribution in [2.75, 3.05) is 33.0 Å². The highest BCUT2D eigenvalue weighted by molar-refractivity contribution is 4.67. The molecule has 2 N–H and O–H groups in total. The smallest absolute Gasteiger partial charge is 0.0700 e. The minimum Gasteiger partial charge on any atom is -0.379 e. The summed E-state index contributed by atoms with van der Waals surface area (Å²) < 4.78 is 10.8. The van der Waals surface area contributed by atoms with Gasteiger partial charge in [-0.1, -0.05) is 27.2 Å². The molecule has 0 aliphatic rings. The fraction of sp³-hybridized carbons (Fsp3) is 1.00. The van der Waals surface area contributed by atoms with Crippen LogP contribution in [-0.4, -0.2) is 33.0 Å². The number of nitrogens with two attached hydrogens (primary N) is 1. The molecule has 0 aliphatic carbocycles. The van der Waals surface area contributed by atoms with Crippen LogP contribution in [0.15, 0.2) is 0 Å². The highest BCUT2D eigenvalue weighted by Gasteiger charge is 2.14. The maximum absolute atomic E-state index is 5.58. The van der Waals surface area contributed by atoms with Gasteiger partial charge in [-0.05, 0) is 13.0 Å². The molecule has 0 radical (unpaired) electrons. The maximum atomic E-state index is 5.58. The highest BCUT2D eigenvalue weighted by Crippen LogP contribution is 2.12. The van der Waals surface area contributed by atoms with Crippen molar-refractivity contribution in [2.24, 2.45) is 11.1 Å². The molecule has 3 heteroatoms. The van der Waals surface area contributed by atoms with Gasteiger partial charge >= 0.3 is 0 Å². The fourth-order valence-corrected chi connectivity index (χ4v) is 0.874. The molecule has 0 rings (SSSR count). The summed E-state index contributed by atoms with van der Waals surface area (Å²) in [5, 5.41) is 0. The van der Waals surface area contributed by atoms with Crippen LogP contribution in [0.3, 0.4) is 0 Å². The van der Waals surface area contributed by atoms with Gasteiger partial charge < -0.3 is 15.2 Å². The average molecular weight is 203 g/mol. The van der Waals surface area contributed by atoms with Crippen LogP contribution in [0.2, 0.25) is 0 Å². The molecule has 0 heterocycles. The van der Waals surface area contributed by atoms with Gasteiger partial charge in [-0.25, -0.2) is 0 Å². The normalized spacial score (nSPS) is 12.0. The van der Waals surface area contributed by atoms with Gasteiger partial charge in [0.25, 0.3) is 0 Å². The summed E-state index contributed by atoms with van der Waals surface area (Å²) in [7, 11) is 0. The van der Waals surface area contributed by atoms with Crippen molar-refractivity contribution in [3.63, 3.8) is 0 Å². The molecule has 14 heavy (non-hydrogen) atoms. The van der Waals surface area contributed by atoms with E-state index in [4.69, 9.17) is 15.2 Å². The molecular weight excluding hydrogens is 178 g/mol. The number of hydrogen-bond donors (Lipinski definition) is 1. The second-order valence-corrected chi connectivity index (χ2v) is 4.39. The molecule has 0 aromatic rings. The van der Waals surface area contributed by atoms with Crippen molar-refractivity contribution in [1.29, 1.82) is 0 Å². The standard InChI is InChI=1S/C11H25NO2/c1-4-5-6-13-7-8-14-10-11(2,3)9-12/h4-10,12H2,1-3H3. The van der Waals surface area contributed by atoms with Crippen LogP contribution in [0.1, 0.15) is 33.6 Å². The summed E-state index contributed by atoms with van der Waals surface area (Å²) in [6.07, 6.45) is 2.31. The second-order valence-electron chi connectivity index (χ2n) is 4.39. The van der Waals surface area contributed by atoms with Crippen molar-refractivity contribution in [2.45, 2.75) is 33.6 Å².